The van der Waals surface area contributed by atoms with Gasteiger partial charge in [-0.2, -0.15) is 0 Å². The highest BCUT2D eigenvalue weighted by Gasteiger charge is 2.15. The van der Waals surface area contributed by atoms with Crippen molar-refractivity contribution >= 4 is 23.0 Å². The molecule has 0 spiro atoms. The first-order valence-corrected chi connectivity index (χ1v) is 6.34. The minimum Gasteiger partial charge on any atom is -0.399 e. The fourth-order valence-corrected chi connectivity index (χ4v) is 2.59. The van der Waals surface area contributed by atoms with Gasteiger partial charge in [0, 0.05) is 18.8 Å². The second-order valence-electron chi connectivity index (χ2n) is 4.73. The molecule has 1 aromatic rings. The van der Waals surface area contributed by atoms with Crippen molar-refractivity contribution in [1.29, 1.82) is 0 Å². The van der Waals surface area contributed by atoms with Crippen LogP contribution in [0.5, 0.6) is 0 Å². The van der Waals surface area contributed by atoms with Gasteiger partial charge in [-0.05, 0) is 43.4 Å². The van der Waals surface area contributed by atoms with Crippen molar-refractivity contribution in [2.75, 3.05) is 23.7 Å². The summed E-state index contributed by atoms with van der Waals surface area (Å²) in [6.07, 6.45) is 3.83. The number of nitrogen functional groups attached to an aromatic ring is 1. The molecule has 1 heterocycles. The van der Waals surface area contributed by atoms with Gasteiger partial charge < -0.3 is 10.6 Å². The summed E-state index contributed by atoms with van der Waals surface area (Å²) >= 11 is 6.23. The Morgan fingerprint density at radius 3 is 2.88 bits per heavy atom. The van der Waals surface area contributed by atoms with Crippen LogP contribution in [0.25, 0.3) is 0 Å². The zero-order valence-electron chi connectivity index (χ0n) is 9.75. The number of anilines is 2. The van der Waals surface area contributed by atoms with Gasteiger partial charge in [-0.25, -0.2) is 0 Å². The molecular formula is C13H19ClN2. The molecule has 0 aliphatic carbocycles. The predicted octanol–water partition coefficient (Wildman–Crippen LogP) is 3.55. The van der Waals surface area contributed by atoms with Crippen LogP contribution < -0.4 is 10.6 Å². The Morgan fingerprint density at radius 2 is 2.12 bits per heavy atom. The van der Waals surface area contributed by atoms with E-state index in [1.54, 1.807) is 0 Å². The van der Waals surface area contributed by atoms with Crippen LogP contribution in [0.1, 0.15) is 26.2 Å². The van der Waals surface area contributed by atoms with Crippen LogP contribution in [0.2, 0.25) is 5.02 Å². The summed E-state index contributed by atoms with van der Waals surface area (Å²) in [7, 11) is 0. The van der Waals surface area contributed by atoms with Crippen LogP contribution in [-0.2, 0) is 0 Å². The lowest BCUT2D eigenvalue weighted by Crippen LogP contribution is -2.24. The van der Waals surface area contributed by atoms with Crippen LogP contribution >= 0.6 is 11.6 Å². The number of nitrogens with two attached hydrogens (primary N) is 1. The molecule has 88 valence electrons. The van der Waals surface area contributed by atoms with Crippen molar-refractivity contribution in [1.82, 2.24) is 0 Å². The summed E-state index contributed by atoms with van der Waals surface area (Å²) in [6, 6.07) is 5.80. The highest BCUT2D eigenvalue weighted by Crippen LogP contribution is 2.30. The number of hydrogen-bond acceptors (Lipinski definition) is 2. The van der Waals surface area contributed by atoms with Gasteiger partial charge in [-0.1, -0.05) is 18.5 Å². The Bertz CT molecular complexity index is 365. The number of halogens is 1. The molecule has 1 aliphatic heterocycles. The standard InChI is InChI=1S/C13H19ClN2/c1-10-3-2-7-16(8-6-10)13-5-4-11(15)9-12(13)14/h4-5,9-10H,2-3,6-8,15H2,1H3. The second kappa shape index (κ2) is 4.96. The van der Waals surface area contributed by atoms with Gasteiger partial charge in [-0.3, -0.25) is 0 Å². The maximum absolute atomic E-state index is 6.23. The topological polar surface area (TPSA) is 29.3 Å². The first kappa shape index (κ1) is 11.6. The molecule has 1 saturated heterocycles. The van der Waals surface area contributed by atoms with Gasteiger partial charge >= 0.3 is 0 Å². The third kappa shape index (κ3) is 2.62. The molecule has 1 aromatic carbocycles. The van der Waals surface area contributed by atoms with Gasteiger partial charge in [0.1, 0.15) is 0 Å². The van der Waals surface area contributed by atoms with Crippen molar-refractivity contribution in [2.45, 2.75) is 26.2 Å². The highest BCUT2D eigenvalue weighted by atomic mass is 35.5. The van der Waals surface area contributed by atoms with E-state index in [2.05, 4.69) is 11.8 Å². The monoisotopic (exact) mass is 238 g/mol. The Kier molecular flexibility index (Phi) is 3.59. The normalized spacial score (nSPS) is 21.9. The zero-order valence-corrected chi connectivity index (χ0v) is 10.5. The van der Waals surface area contributed by atoms with E-state index in [1.807, 2.05) is 18.2 Å². The molecule has 0 saturated carbocycles. The minimum atomic E-state index is 0.733. The lowest BCUT2D eigenvalue weighted by atomic mass is 10.0. The minimum absolute atomic E-state index is 0.733. The van der Waals surface area contributed by atoms with Crippen LogP contribution in [0.3, 0.4) is 0 Å². The van der Waals surface area contributed by atoms with Crippen LogP contribution in [0.15, 0.2) is 18.2 Å². The van der Waals surface area contributed by atoms with Gasteiger partial charge in [0.05, 0.1) is 10.7 Å². The molecule has 0 bridgehead atoms. The van der Waals surface area contributed by atoms with Crippen LogP contribution in [0, 0.1) is 5.92 Å². The molecule has 2 nitrogen and oxygen atoms in total. The first-order chi connectivity index (χ1) is 7.66. The number of rotatable bonds is 1. The van der Waals surface area contributed by atoms with E-state index >= 15 is 0 Å². The van der Waals surface area contributed by atoms with Gasteiger partial charge in [-0.15, -0.1) is 0 Å². The summed E-state index contributed by atoms with van der Waals surface area (Å²) < 4.78 is 0. The maximum Gasteiger partial charge on any atom is 0.0660 e. The Labute approximate surface area is 102 Å². The van der Waals surface area contributed by atoms with Crippen molar-refractivity contribution in [3.8, 4) is 0 Å². The quantitative estimate of drug-likeness (QED) is 0.759. The molecule has 2 N–H and O–H groups in total. The van der Waals surface area contributed by atoms with Gasteiger partial charge in [0.2, 0.25) is 0 Å². The number of benzene rings is 1. The lowest BCUT2D eigenvalue weighted by molar-refractivity contribution is 0.521. The molecule has 3 heteroatoms. The molecule has 1 atom stereocenters. The molecule has 1 aliphatic rings. The third-order valence-electron chi connectivity index (χ3n) is 3.33. The van der Waals surface area contributed by atoms with E-state index in [0.29, 0.717) is 0 Å². The van der Waals surface area contributed by atoms with Crippen LogP contribution in [0.4, 0.5) is 11.4 Å². The smallest absolute Gasteiger partial charge is 0.0660 e. The fraction of sp³-hybridized carbons (Fsp3) is 0.538. The zero-order chi connectivity index (χ0) is 11.5. The van der Waals surface area contributed by atoms with Crippen molar-refractivity contribution in [2.24, 2.45) is 5.92 Å². The summed E-state index contributed by atoms with van der Waals surface area (Å²) in [6.45, 7) is 4.53. The SMILES string of the molecule is CC1CCCN(c2ccc(N)cc2Cl)CC1. The molecule has 0 radical (unpaired) electrons. The fourth-order valence-electron chi connectivity index (χ4n) is 2.28. The van der Waals surface area contributed by atoms with Gasteiger partial charge in [0.15, 0.2) is 0 Å². The summed E-state index contributed by atoms with van der Waals surface area (Å²) in [5, 5.41) is 0.773. The molecule has 0 aromatic heterocycles. The van der Waals surface area contributed by atoms with Crippen LogP contribution in [-0.4, -0.2) is 13.1 Å². The van der Waals surface area contributed by atoms with E-state index in [1.165, 1.54) is 19.3 Å². The van der Waals surface area contributed by atoms with E-state index in [4.69, 9.17) is 17.3 Å². The lowest BCUT2D eigenvalue weighted by Gasteiger charge is -2.24. The average molecular weight is 239 g/mol. The molecule has 2 rings (SSSR count). The molecule has 16 heavy (non-hydrogen) atoms. The number of nitrogens with zero attached hydrogens (tertiary/aromatic N) is 1. The summed E-state index contributed by atoms with van der Waals surface area (Å²) in [4.78, 5) is 2.38. The maximum atomic E-state index is 6.23. The van der Waals surface area contributed by atoms with E-state index < -0.39 is 0 Å². The summed E-state index contributed by atoms with van der Waals surface area (Å²) in [5.41, 5.74) is 7.57. The Morgan fingerprint density at radius 1 is 1.31 bits per heavy atom. The average Bonchev–Trinajstić information content (AvgIpc) is 2.43. The first-order valence-electron chi connectivity index (χ1n) is 5.97. The van der Waals surface area contributed by atoms with E-state index in [9.17, 15) is 0 Å². The number of hydrogen-bond donors (Lipinski definition) is 1. The Hall–Kier alpha value is -0.890. The summed E-state index contributed by atoms with van der Waals surface area (Å²) in [5.74, 6) is 0.831. The van der Waals surface area contributed by atoms with Crippen molar-refractivity contribution in [3.05, 3.63) is 23.2 Å². The molecule has 1 fully saturated rings. The van der Waals surface area contributed by atoms with E-state index in [0.717, 1.165) is 35.4 Å². The second-order valence-corrected chi connectivity index (χ2v) is 5.14. The molecular weight excluding hydrogens is 220 g/mol. The molecule has 0 amide bonds. The van der Waals surface area contributed by atoms with Crippen molar-refractivity contribution < 1.29 is 0 Å². The third-order valence-corrected chi connectivity index (χ3v) is 3.63. The molecule has 1 unspecified atom stereocenters. The van der Waals surface area contributed by atoms with Gasteiger partial charge in [0.25, 0.3) is 0 Å². The van der Waals surface area contributed by atoms with E-state index in [-0.39, 0.29) is 0 Å². The Balaban J connectivity index is 2.16. The highest BCUT2D eigenvalue weighted by molar-refractivity contribution is 6.33. The van der Waals surface area contributed by atoms with Crippen molar-refractivity contribution in [3.63, 3.8) is 0 Å². The largest absolute Gasteiger partial charge is 0.399 e. The predicted molar refractivity (Wildman–Crippen MR) is 71.1 cm³/mol.